The van der Waals surface area contributed by atoms with E-state index < -0.39 is 0 Å². The fraction of sp³-hybridized carbons (Fsp3) is 0.318. The molecule has 158 valence electrons. The van der Waals surface area contributed by atoms with Crippen LogP contribution < -0.4 is 19.5 Å². The highest BCUT2D eigenvalue weighted by molar-refractivity contribution is 7.13. The maximum Gasteiger partial charge on any atom is 0.251 e. The highest BCUT2D eigenvalue weighted by atomic mass is 32.1. The summed E-state index contributed by atoms with van der Waals surface area (Å²) in [5, 5.41) is 5.74. The average Bonchev–Trinajstić information content (AvgIpc) is 3.24. The molecule has 0 atom stereocenters. The van der Waals surface area contributed by atoms with Crippen molar-refractivity contribution in [2.75, 3.05) is 19.8 Å². The second kappa shape index (κ2) is 10.6. The summed E-state index contributed by atoms with van der Waals surface area (Å²) in [6, 6.07) is 7.17. The minimum absolute atomic E-state index is 0.238. The Kier molecular flexibility index (Phi) is 7.62. The summed E-state index contributed by atoms with van der Waals surface area (Å²) < 4.78 is 17.1. The second-order valence-electron chi connectivity index (χ2n) is 6.16. The number of benzene rings is 1. The molecule has 3 rings (SSSR count). The summed E-state index contributed by atoms with van der Waals surface area (Å²) in [5.74, 6) is 1.26. The normalized spacial score (nSPS) is 10.5. The molecule has 0 fully saturated rings. The molecule has 2 aromatic heterocycles. The quantitative estimate of drug-likeness (QED) is 0.519. The third kappa shape index (κ3) is 5.27. The van der Waals surface area contributed by atoms with Gasteiger partial charge in [-0.3, -0.25) is 9.78 Å². The summed E-state index contributed by atoms with van der Waals surface area (Å²) in [4.78, 5) is 21.4. The standard InChI is InChI=1S/C22H25N3O4S/c1-4-27-18-11-16(12-19(28-5-2)20(18)29-6-3)21(26)24-13-17-14-30-22(25-17)15-7-9-23-10-8-15/h7-12,14H,4-6,13H2,1-3H3,(H,24,26). The molecule has 1 N–H and O–H groups in total. The van der Waals surface area contributed by atoms with E-state index in [2.05, 4.69) is 15.3 Å². The average molecular weight is 428 g/mol. The van der Waals surface area contributed by atoms with Crippen molar-refractivity contribution < 1.29 is 19.0 Å². The molecule has 1 amide bonds. The molecule has 7 nitrogen and oxygen atoms in total. The number of thiazole rings is 1. The number of carbonyl (C=O) groups is 1. The maximum absolute atomic E-state index is 12.8. The zero-order valence-electron chi connectivity index (χ0n) is 17.3. The van der Waals surface area contributed by atoms with Gasteiger partial charge in [0, 0.05) is 28.9 Å². The summed E-state index contributed by atoms with van der Waals surface area (Å²) in [7, 11) is 0. The van der Waals surface area contributed by atoms with Gasteiger partial charge in [-0.1, -0.05) is 0 Å². The van der Waals surface area contributed by atoms with Crippen molar-refractivity contribution >= 4 is 17.2 Å². The van der Waals surface area contributed by atoms with E-state index in [0.29, 0.717) is 49.2 Å². The van der Waals surface area contributed by atoms with E-state index in [0.717, 1.165) is 16.3 Å². The maximum atomic E-state index is 12.8. The van der Waals surface area contributed by atoms with E-state index >= 15 is 0 Å². The number of carbonyl (C=O) groups excluding carboxylic acids is 1. The summed E-state index contributed by atoms with van der Waals surface area (Å²) in [6.45, 7) is 7.34. The number of rotatable bonds is 10. The predicted molar refractivity (Wildman–Crippen MR) is 116 cm³/mol. The van der Waals surface area contributed by atoms with Crippen LogP contribution in [0.25, 0.3) is 10.6 Å². The summed E-state index contributed by atoms with van der Waals surface area (Å²) >= 11 is 1.53. The van der Waals surface area contributed by atoms with Crippen molar-refractivity contribution in [2.24, 2.45) is 0 Å². The van der Waals surface area contributed by atoms with Crippen LogP contribution in [0.1, 0.15) is 36.8 Å². The first kappa shape index (κ1) is 21.6. The zero-order valence-corrected chi connectivity index (χ0v) is 18.1. The number of hydrogen-bond donors (Lipinski definition) is 1. The molecule has 0 saturated heterocycles. The number of pyridine rings is 1. The Hall–Kier alpha value is -3.13. The van der Waals surface area contributed by atoms with E-state index in [-0.39, 0.29) is 5.91 Å². The van der Waals surface area contributed by atoms with Crippen molar-refractivity contribution in [3.8, 4) is 27.8 Å². The van der Waals surface area contributed by atoms with Crippen molar-refractivity contribution in [2.45, 2.75) is 27.3 Å². The van der Waals surface area contributed by atoms with Crippen LogP contribution in [0.3, 0.4) is 0 Å². The van der Waals surface area contributed by atoms with Gasteiger partial charge in [0.25, 0.3) is 5.91 Å². The van der Waals surface area contributed by atoms with Crippen LogP contribution in [0.15, 0.2) is 42.0 Å². The second-order valence-corrected chi connectivity index (χ2v) is 7.02. The third-order valence-electron chi connectivity index (χ3n) is 4.08. The van der Waals surface area contributed by atoms with Gasteiger partial charge in [0.1, 0.15) is 5.01 Å². The molecule has 8 heteroatoms. The van der Waals surface area contributed by atoms with Crippen LogP contribution >= 0.6 is 11.3 Å². The Balaban J connectivity index is 1.75. The van der Waals surface area contributed by atoms with Gasteiger partial charge in [-0.05, 0) is 45.0 Å². The molecule has 0 aliphatic carbocycles. The molecule has 30 heavy (non-hydrogen) atoms. The lowest BCUT2D eigenvalue weighted by Gasteiger charge is -2.17. The Morgan fingerprint density at radius 3 is 2.23 bits per heavy atom. The van der Waals surface area contributed by atoms with Gasteiger partial charge in [0.05, 0.1) is 32.1 Å². The Morgan fingerprint density at radius 2 is 1.63 bits per heavy atom. The molecule has 0 unspecified atom stereocenters. The number of amides is 1. The monoisotopic (exact) mass is 427 g/mol. The van der Waals surface area contributed by atoms with Gasteiger partial charge < -0.3 is 19.5 Å². The van der Waals surface area contributed by atoms with E-state index in [1.54, 1.807) is 24.5 Å². The van der Waals surface area contributed by atoms with Crippen molar-refractivity contribution in [1.82, 2.24) is 15.3 Å². The fourth-order valence-electron chi connectivity index (χ4n) is 2.81. The molecule has 1 aromatic carbocycles. The van der Waals surface area contributed by atoms with Crippen LogP contribution in [0.5, 0.6) is 17.2 Å². The van der Waals surface area contributed by atoms with Gasteiger partial charge >= 0.3 is 0 Å². The predicted octanol–water partition coefficient (Wildman–Crippen LogP) is 4.33. The van der Waals surface area contributed by atoms with Crippen LogP contribution in [0.2, 0.25) is 0 Å². The van der Waals surface area contributed by atoms with Crippen LogP contribution in [0.4, 0.5) is 0 Å². The minimum atomic E-state index is -0.238. The topological polar surface area (TPSA) is 82.6 Å². The van der Waals surface area contributed by atoms with Crippen LogP contribution in [0, 0.1) is 0 Å². The molecule has 0 spiro atoms. The number of aromatic nitrogens is 2. The van der Waals surface area contributed by atoms with Crippen molar-refractivity contribution in [3.05, 3.63) is 53.3 Å². The van der Waals surface area contributed by atoms with Gasteiger partial charge in [0.15, 0.2) is 11.5 Å². The molecule has 0 aliphatic rings. The van der Waals surface area contributed by atoms with E-state index in [9.17, 15) is 4.79 Å². The zero-order chi connectivity index (χ0) is 21.3. The number of nitrogens with zero attached hydrogens (tertiary/aromatic N) is 2. The first-order valence-electron chi connectivity index (χ1n) is 9.85. The Bertz CT molecular complexity index is 949. The molecular weight excluding hydrogens is 402 g/mol. The number of hydrogen-bond acceptors (Lipinski definition) is 7. The van der Waals surface area contributed by atoms with Crippen molar-refractivity contribution in [3.63, 3.8) is 0 Å². The number of nitrogens with one attached hydrogen (secondary N) is 1. The van der Waals surface area contributed by atoms with Gasteiger partial charge in [-0.25, -0.2) is 4.98 Å². The number of ether oxygens (including phenoxy) is 3. The SMILES string of the molecule is CCOc1cc(C(=O)NCc2csc(-c3ccncc3)n2)cc(OCC)c1OCC. The first-order chi connectivity index (χ1) is 14.7. The molecule has 0 bridgehead atoms. The van der Waals surface area contributed by atoms with Gasteiger partial charge in [-0.15, -0.1) is 11.3 Å². The summed E-state index contributed by atoms with van der Waals surface area (Å²) in [6.07, 6.45) is 3.46. The minimum Gasteiger partial charge on any atom is -0.490 e. The molecule has 0 saturated carbocycles. The Morgan fingerprint density at radius 1 is 1.00 bits per heavy atom. The van der Waals surface area contributed by atoms with Crippen LogP contribution in [-0.4, -0.2) is 35.7 Å². The van der Waals surface area contributed by atoms with E-state index in [1.807, 2.05) is 38.3 Å². The molecule has 0 radical (unpaired) electrons. The van der Waals surface area contributed by atoms with Gasteiger partial charge in [-0.2, -0.15) is 0 Å². The van der Waals surface area contributed by atoms with E-state index in [4.69, 9.17) is 14.2 Å². The molecule has 0 aliphatic heterocycles. The largest absolute Gasteiger partial charge is 0.490 e. The fourth-order valence-corrected chi connectivity index (χ4v) is 3.63. The summed E-state index contributed by atoms with van der Waals surface area (Å²) in [5.41, 5.74) is 2.23. The lowest BCUT2D eigenvalue weighted by atomic mass is 10.1. The lowest BCUT2D eigenvalue weighted by Crippen LogP contribution is -2.23. The third-order valence-corrected chi connectivity index (χ3v) is 5.02. The molecule has 3 aromatic rings. The lowest BCUT2D eigenvalue weighted by molar-refractivity contribution is 0.0949. The smallest absolute Gasteiger partial charge is 0.251 e. The van der Waals surface area contributed by atoms with E-state index in [1.165, 1.54) is 11.3 Å². The van der Waals surface area contributed by atoms with Crippen molar-refractivity contribution in [1.29, 1.82) is 0 Å². The first-order valence-corrected chi connectivity index (χ1v) is 10.7. The molecular formula is C22H25N3O4S. The molecule has 2 heterocycles. The highest BCUT2D eigenvalue weighted by Crippen LogP contribution is 2.39. The van der Waals surface area contributed by atoms with Gasteiger partial charge in [0.2, 0.25) is 5.75 Å². The Labute approximate surface area is 180 Å². The highest BCUT2D eigenvalue weighted by Gasteiger charge is 2.18. The van der Waals surface area contributed by atoms with Crippen LogP contribution in [-0.2, 0) is 6.54 Å².